The molecule has 0 saturated heterocycles. The normalized spacial score (nSPS) is 11.6. The predicted molar refractivity (Wildman–Crippen MR) is 135 cm³/mol. The molecule has 34 heavy (non-hydrogen) atoms. The number of rotatable bonds is 7. The second-order valence-corrected chi connectivity index (χ2v) is 9.00. The summed E-state index contributed by atoms with van der Waals surface area (Å²) in [7, 11) is 0. The molecule has 1 atom stereocenters. The van der Waals surface area contributed by atoms with Gasteiger partial charge in [0.15, 0.2) is 5.16 Å². The minimum atomic E-state index is -0.553. The van der Waals surface area contributed by atoms with Crippen molar-refractivity contribution < 1.29 is 9.59 Å². The van der Waals surface area contributed by atoms with Gasteiger partial charge in [-0.2, -0.15) is 0 Å². The Labute approximate surface area is 202 Å². The second kappa shape index (κ2) is 10.4. The Morgan fingerprint density at radius 3 is 2.50 bits per heavy atom. The first-order valence-corrected chi connectivity index (χ1v) is 11.7. The Morgan fingerprint density at radius 1 is 0.941 bits per heavy atom. The number of hydrogen-bond donors (Lipinski definition) is 2. The average Bonchev–Trinajstić information content (AvgIpc) is 3.28. The van der Waals surface area contributed by atoms with E-state index in [4.69, 9.17) is 0 Å². The number of nitrogens with one attached hydrogen (secondary N) is 2. The Hall–Kier alpha value is -3.91. The lowest BCUT2D eigenvalue weighted by atomic mass is 10.1. The molecule has 7 nitrogen and oxygen atoms in total. The molecule has 0 bridgehead atoms. The largest absolute Gasteiger partial charge is 0.326 e. The molecule has 4 aromatic rings. The van der Waals surface area contributed by atoms with Crippen molar-refractivity contribution in [3.05, 3.63) is 95.8 Å². The number of aromatic nitrogens is 3. The first kappa shape index (κ1) is 23.3. The summed E-state index contributed by atoms with van der Waals surface area (Å²) in [6.07, 6.45) is 1.60. The van der Waals surface area contributed by atoms with Crippen molar-refractivity contribution in [2.45, 2.75) is 31.2 Å². The summed E-state index contributed by atoms with van der Waals surface area (Å²) >= 11 is 1.32. The number of aryl methyl sites for hydroxylation is 2. The summed E-state index contributed by atoms with van der Waals surface area (Å²) in [6.45, 7) is 5.43. The number of nitrogens with zero attached hydrogens (tertiary/aromatic N) is 3. The molecule has 1 aromatic heterocycles. The zero-order valence-electron chi connectivity index (χ0n) is 19.1. The SMILES string of the molecule is CC(=O)Nc1cccc(-n2cnnc2SC(C(=O)Nc2cc(C)ccc2C)c2ccccc2)c1. The van der Waals surface area contributed by atoms with E-state index in [9.17, 15) is 9.59 Å². The molecule has 3 aromatic carbocycles. The van der Waals surface area contributed by atoms with Crippen LogP contribution in [0.25, 0.3) is 5.69 Å². The van der Waals surface area contributed by atoms with Crippen LogP contribution < -0.4 is 10.6 Å². The number of thioether (sulfide) groups is 1. The van der Waals surface area contributed by atoms with Crippen molar-refractivity contribution in [1.29, 1.82) is 0 Å². The molecule has 172 valence electrons. The fourth-order valence-electron chi connectivity index (χ4n) is 3.49. The Bertz CT molecular complexity index is 1320. The molecule has 0 aliphatic rings. The molecule has 1 unspecified atom stereocenters. The van der Waals surface area contributed by atoms with Gasteiger partial charge in [-0.25, -0.2) is 0 Å². The summed E-state index contributed by atoms with van der Waals surface area (Å²) < 4.78 is 1.80. The van der Waals surface area contributed by atoms with Crippen molar-refractivity contribution in [3.8, 4) is 5.69 Å². The maximum Gasteiger partial charge on any atom is 0.242 e. The molecular weight excluding hydrogens is 446 g/mol. The standard InChI is InChI=1S/C26H25N5O2S/c1-17-12-13-18(2)23(14-17)29-25(33)24(20-8-5-4-6-9-20)34-26-30-27-16-31(26)22-11-7-10-21(15-22)28-19(3)32/h4-16,24H,1-3H3,(H,28,32)(H,29,33). The minimum Gasteiger partial charge on any atom is -0.326 e. The molecule has 0 spiro atoms. The van der Waals surface area contributed by atoms with Crippen molar-refractivity contribution in [3.63, 3.8) is 0 Å². The van der Waals surface area contributed by atoms with Crippen LogP contribution in [0.5, 0.6) is 0 Å². The van der Waals surface area contributed by atoms with Crippen molar-refractivity contribution >= 4 is 35.0 Å². The van der Waals surface area contributed by atoms with Crippen molar-refractivity contribution in [2.75, 3.05) is 10.6 Å². The summed E-state index contributed by atoms with van der Waals surface area (Å²) in [5.74, 6) is -0.297. The van der Waals surface area contributed by atoms with E-state index < -0.39 is 5.25 Å². The summed E-state index contributed by atoms with van der Waals surface area (Å²) in [5.41, 5.74) is 5.16. The molecule has 0 radical (unpaired) electrons. The predicted octanol–water partition coefficient (Wildman–Crippen LogP) is 5.31. The van der Waals surface area contributed by atoms with Crippen molar-refractivity contribution in [1.82, 2.24) is 14.8 Å². The number of carbonyl (C=O) groups excluding carboxylic acids is 2. The quantitative estimate of drug-likeness (QED) is 0.356. The molecule has 2 N–H and O–H groups in total. The molecule has 0 aliphatic heterocycles. The van der Waals surface area contributed by atoms with Crippen molar-refractivity contribution in [2.24, 2.45) is 0 Å². The fourth-order valence-corrected chi connectivity index (χ4v) is 4.52. The minimum absolute atomic E-state index is 0.147. The van der Waals surface area contributed by atoms with Gasteiger partial charge in [0, 0.05) is 18.3 Å². The van der Waals surface area contributed by atoms with Crippen LogP contribution >= 0.6 is 11.8 Å². The Kier molecular flexibility index (Phi) is 7.08. The zero-order chi connectivity index (χ0) is 24.1. The maximum atomic E-state index is 13.5. The van der Waals surface area contributed by atoms with Crippen LogP contribution in [0.3, 0.4) is 0 Å². The van der Waals surface area contributed by atoms with Gasteiger partial charge in [0.1, 0.15) is 11.6 Å². The molecule has 4 rings (SSSR count). The lowest BCUT2D eigenvalue weighted by Gasteiger charge is -2.18. The molecule has 8 heteroatoms. The van der Waals surface area contributed by atoms with E-state index in [0.717, 1.165) is 28.1 Å². The highest BCUT2D eigenvalue weighted by Gasteiger charge is 2.25. The van der Waals surface area contributed by atoms with Gasteiger partial charge in [-0.1, -0.05) is 60.3 Å². The number of hydrogen-bond acceptors (Lipinski definition) is 5. The van der Waals surface area contributed by atoms with Gasteiger partial charge in [-0.3, -0.25) is 14.2 Å². The highest BCUT2D eigenvalue weighted by molar-refractivity contribution is 8.00. The third kappa shape index (κ3) is 5.52. The van der Waals surface area contributed by atoms with Gasteiger partial charge in [0.25, 0.3) is 0 Å². The van der Waals surface area contributed by atoms with Gasteiger partial charge < -0.3 is 10.6 Å². The Balaban J connectivity index is 1.65. The van der Waals surface area contributed by atoms with Gasteiger partial charge >= 0.3 is 0 Å². The molecule has 0 aliphatic carbocycles. The smallest absolute Gasteiger partial charge is 0.242 e. The van der Waals surface area contributed by atoms with E-state index in [2.05, 4.69) is 20.8 Å². The first-order valence-electron chi connectivity index (χ1n) is 10.8. The molecule has 0 fully saturated rings. The summed E-state index contributed by atoms with van der Waals surface area (Å²) in [6, 6.07) is 23.0. The van der Waals surface area contributed by atoms with E-state index in [-0.39, 0.29) is 11.8 Å². The van der Waals surface area contributed by atoms with Crippen LogP contribution in [0.4, 0.5) is 11.4 Å². The number of carbonyl (C=O) groups is 2. The van der Waals surface area contributed by atoms with Crippen LogP contribution in [-0.4, -0.2) is 26.6 Å². The highest BCUT2D eigenvalue weighted by atomic mass is 32.2. The van der Waals surface area contributed by atoms with Crippen LogP contribution in [0.15, 0.2) is 84.3 Å². The Morgan fingerprint density at radius 2 is 1.74 bits per heavy atom. The average molecular weight is 472 g/mol. The second-order valence-electron chi connectivity index (χ2n) is 7.93. The fraction of sp³-hybridized carbons (Fsp3) is 0.154. The number of benzene rings is 3. The van der Waals surface area contributed by atoms with Gasteiger partial charge in [0.2, 0.25) is 11.8 Å². The van der Waals surface area contributed by atoms with Crippen LogP contribution in [0, 0.1) is 13.8 Å². The number of anilines is 2. The van der Waals surface area contributed by atoms with Crippen LogP contribution in [0.1, 0.15) is 28.9 Å². The molecule has 2 amide bonds. The molecule has 1 heterocycles. The number of amides is 2. The van der Waals surface area contributed by atoms with E-state index in [1.54, 1.807) is 10.9 Å². The van der Waals surface area contributed by atoms with E-state index in [1.165, 1.54) is 18.7 Å². The molecular formula is C26H25N5O2S. The van der Waals surface area contributed by atoms with Crippen LogP contribution in [0.2, 0.25) is 0 Å². The first-order chi connectivity index (χ1) is 16.4. The van der Waals surface area contributed by atoms with E-state index >= 15 is 0 Å². The molecule has 0 saturated carbocycles. The monoisotopic (exact) mass is 471 g/mol. The zero-order valence-corrected chi connectivity index (χ0v) is 20.0. The van der Waals surface area contributed by atoms with E-state index in [1.807, 2.05) is 86.6 Å². The van der Waals surface area contributed by atoms with Gasteiger partial charge in [-0.15, -0.1) is 10.2 Å². The summed E-state index contributed by atoms with van der Waals surface area (Å²) in [4.78, 5) is 24.9. The third-order valence-electron chi connectivity index (χ3n) is 5.18. The topological polar surface area (TPSA) is 88.9 Å². The lowest BCUT2D eigenvalue weighted by Crippen LogP contribution is -2.20. The van der Waals surface area contributed by atoms with Crippen LogP contribution in [-0.2, 0) is 9.59 Å². The maximum absolute atomic E-state index is 13.5. The van der Waals surface area contributed by atoms with E-state index in [0.29, 0.717) is 10.8 Å². The van der Waals surface area contributed by atoms with Gasteiger partial charge in [0.05, 0.1) is 5.69 Å². The van der Waals surface area contributed by atoms with Gasteiger partial charge in [-0.05, 0) is 54.8 Å². The third-order valence-corrected chi connectivity index (χ3v) is 6.39. The lowest BCUT2D eigenvalue weighted by molar-refractivity contribution is -0.116. The highest BCUT2D eigenvalue weighted by Crippen LogP contribution is 2.36. The summed E-state index contributed by atoms with van der Waals surface area (Å²) in [5, 5.41) is 14.2.